The normalized spacial score (nSPS) is 12.5. The van der Waals surface area contributed by atoms with Crippen molar-refractivity contribution in [1.82, 2.24) is 0 Å². The molecular weight excluding hydrogens is 170 g/mol. The molecular formula is C9H13NO3. The first kappa shape index (κ1) is 9.98. The molecule has 1 atom stereocenters. The molecule has 0 aliphatic heterocycles. The maximum atomic E-state index is 4.76. The van der Waals surface area contributed by atoms with Crippen molar-refractivity contribution in [2.24, 2.45) is 0 Å². The molecule has 0 heterocycles. The van der Waals surface area contributed by atoms with Crippen molar-refractivity contribution < 1.29 is 14.8 Å². The highest BCUT2D eigenvalue weighted by molar-refractivity contribution is 5.42. The number of benzene rings is 1. The first-order valence-corrected chi connectivity index (χ1v) is 4.00. The van der Waals surface area contributed by atoms with E-state index in [1.54, 1.807) is 0 Å². The van der Waals surface area contributed by atoms with Crippen molar-refractivity contribution >= 4 is 5.69 Å². The van der Waals surface area contributed by atoms with Gasteiger partial charge in [0.25, 0.3) is 0 Å². The quantitative estimate of drug-likeness (QED) is 0.430. The summed E-state index contributed by atoms with van der Waals surface area (Å²) in [5.41, 5.74) is 0.967. The van der Waals surface area contributed by atoms with Crippen LogP contribution in [0.4, 0.5) is 5.69 Å². The second-order valence-electron chi connectivity index (χ2n) is 2.48. The van der Waals surface area contributed by atoms with Gasteiger partial charge in [0.05, 0.1) is 7.11 Å². The van der Waals surface area contributed by atoms with Crippen molar-refractivity contribution in [2.45, 2.75) is 13.2 Å². The molecule has 1 aromatic carbocycles. The fraction of sp³-hybridized carbons (Fsp3) is 0.333. The molecule has 0 aromatic heterocycles. The lowest BCUT2D eigenvalue weighted by Crippen LogP contribution is -2.18. The smallest absolute Gasteiger partial charge is 0.162 e. The molecule has 0 bridgehead atoms. The summed E-state index contributed by atoms with van der Waals surface area (Å²) in [6, 6.07) is 9.69. The van der Waals surface area contributed by atoms with Gasteiger partial charge in [-0.1, -0.05) is 23.2 Å². The van der Waals surface area contributed by atoms with Crippen LogP contribution in [0.25, 0.3) is 0 Å². The number of hydrogen-bond donors (Lipinski definition) is 1. The second-order valence-corrected chi connectivity index (χ2v) is 2.48. The molecule has 1 rings (SSSR count). The summed E-state index contributed by atoms with van der Waals surface area (Å²) in [6.07, 6.45) is -0.262. The van der Waals surface area contributed by atoms with E-state index in [4.69, 9.17) is 4.89 Å². The van der Waals surface area contributed by atoms with Gasteiger partial charge in [-0.3, -0.25) is 0 Å². The average molecular weight is 183 g/mol. The Hall–Kier alpha value is -1.10. The number of para-hydroxylation sites is 1. The van der Waals surface area contributed by atoms with Crippen LogP contribution < -0.4 is 5.32 Å². The Morgan fingerprint density at radius 3 is 2.54 bits per heavy atom. The molecule has 0 fully saturated rings. The molecule has 72 valence electrons. The fourth-order valence-electron chi connectivity index (χ4n) is 0.891. The summed E-state index contributed by atoms with van der Waals surface area (Å²) in [5.74, 6) is 0. The summed E-state index contributed by atoms with van der Waals surface area (Å²) in [6.45, 7) is 1.81. The molecule has 4 nitrogen and oxygen atoms in total. The summed E-state index contributed by atoms with van der Waals surface area (Å²) < 4.78 is 0. The fourth-order valence-corrected chi connectivity index (χ4v) is 0.891. The van der Waals surface area contributed by atoms with Crippen LogP contribution in [0.3, 0.4) is 0 Å². The Balaban J connectivity index is 2.32. The van der Waals surface area contributed by atoms with E-state index >= 15 is 0 Å². The van der Waals surface area contributed by atoms with Crippen LogP contribution in [0, 0.1) is 0 Å². The van der Waals surface area contributed by atoms with Crippen molar-refractivity contribution in [3.63, 3.8) is 0 Å². The molecule has 0 aliphatic carbocycles. The molecule has 0 radical (unpaired) electrons. The first-order valence-electron chi connectivity index (χ1n) is 4.00. The van der Waals surface area contributed by atoms with Crippen LogP contribution in [-0.4, -0.2) is 13.3 Å². The van der Waals surface area contributed by atoms with Gasteiger partial charge >= 0.3 is 0 Å². The number of hydrogen-bond acceptors (Lipinski definition) is 4. The van der Waals surface area contributed by atoms with Gasteiger partial charge in [0.1, 0.15) is 0 Å². The molecule has 1 N–H and O–H groups in total. The maximum Gasteiger partial charge on any atom is 0.162 e. The van der Waals surface area contributed by atoms with Crippen LogP contribution in [0.15, 0.2) is 30.3 Å². The Morgan fingerprint density at radius 2 is 1.92 bits per heavy atom. The zero-order valence-electron chi connectivity index (χ0n) is 7.69. The second kappa shape index (κ2) is 5.53. The summed E-state index contributed by atoms with van der Waals surface area (Å²) in [7, 11) is 1.38. The van der Waals surface area contributed by atoms with Crippen LogP contribution in [0.1, 0.15) is 6.92 Å². The Labute approximate surface area is 77.3 Å². The van der Waals surface area contributed by atoms with E-state index < -0.39 is 0 Å². The van der Waals surface area contributed by atoms with Gasteiger partial charge in [0.2, 0.25) is 0 Å². The van der Waals surface area contributed by atoms with E-state index in [0.29, 0.717) is 0 Å². The van der Waals surface area contributed by atoms with Crippen molar-refractivity contribution in [3.8, 4) is 0 Å². The minimum atomic E-state index is -0.262. The van der Waals surface area contributed by atoms with E-state index in [2.05, 4.69) is 15.2 Å². The Bertz CT molecular complexity index is 228. The molecule has 1 aromatic rings. The van der Waals surface area contributed by atoms with E-state index in [1.807, 2.05) is 37.3 Å². The minimum Gasteiger partial charge on any atom is -0.358 e. The van der Waals surface area contributed by atoms with Gasteiger partial charge in [-0.25, -0.2) is 4.89 Å². The maximum absolute atomic E-state index is 4.76. The monoisotopic (exact) mass is 183 g/mol. The zero-order valence-corrected chi connectivity index (χ0v) is 7.69. The number of rotatable bonds is 5. The molecule has 0 saturated carbocycles. The van der Waals surface area contributed by atoms with Gasteiger partial charge in [0.15, 0.2) is 6.23 Å². The molecule has 1 unspecified atom stereocenters. The van der Waals surface area contributed by atoms with Gasteiger partial charge in [0, 0.05) is 5.69 Å². The van der Waals surface area contributed by atoms with Crippen LogP contribution in [-0.2, 0) is 14.8 Å². The molecule has 0 aliphatic rings. The SMILES string of the molecule is COOOC(C)Nc1ccccc1. The lowest BCUT2D eigenvalue weighted by Gasteiger charge is -2.12. The zero-order chi connectivity index (χ0) is 9.52. The predicted octanol–water partition coefficient (Wildman–Crippen LogP) is 1.95. The molecule has 13 heavy (non-hydrogen) atoms. The van der Waals surface area contributed by atoms with Gasteiger partial charge in [-0.2, -0.15) is 4.89 Å². The number of anilines is 1. The topological polar surface area (TPSA) is 39.7 Å². The van der Waals surface area contributed by atoms with Crippen molar-refractivity contribution in [1.29, 1.82) is 0 Å². The van der Waals surface area contributed by atoms with E-state index in [9.17, 15) is 0 Å². The average Bonchev–Trinajstić information content (AvgIpc) is 2.16. The van der Waals surface area contributed by atoms with Crippen LogP contribution in [0.5, 0.6) is 0 Å². The molecule has 0 saturated heterocycles. The molecule has 0 spiro atoms. The van der Waals surface area contributed by atoms with Crippen molar-refractivity contribution in [2.75, 3.05) is 12.4 Å². The van der Waals surface area contributed by atoms with E-state index in [1.165, 1.54) is 7.11 Å². The highest BCUT2D eigenvalue weighted by atomic mass is 17.5. The predicted molar refractivity (Wildman–Crippen MR) is 48.7 cm³/mol. The van der Waals surface area contributed by atoms with Gasteiger partial charge < -0.3 is 5.32 Å². The molecule has 0 amide bonds. The summed E-state index contributed by atoms with van der Waals surface area (Å²) in [4.78, 5) is 9.05. The largest absolute Gasteiger partial charge is 0.358 e. The lowest BCUT2D eigenvalue weighted by atomic mass is 10.3. The Kier molecular flexibility index (Phi) is 4.25. The lowest BCUT2D eigenvalue weighted by molar-refractivity contribution is -0.512. The van der Waals surface area contributed by atoms with Crippen LogP contribution in [0.2, 0.25) is 0 Å². The van der Waals surface area contributed by atoms with Gasteiger partial charge in [-0.05, 0) is 19.1 Å². The van der Waals surface area contributed by atoms with Crippen molar-refractivity contribution in [3.05, 3.63) is 30.3 Å². The third-order valence-electron chi connectivity index (χ3n) is 1.40. The van der Waals surface area contributed by atoms with E-state index in [-0.39, 0.29) is 6.23 Å². The third-order valence-corrected chi connectivity index (χ3v) is 1.40. The van der Waals surface area contributed by atoms with Gasteiger partial charge in [-0.15, -0.1) is 0 Å². The highest BCUT2D eigenvalue weighted by Crippen LogP contribution is 2.07. The third kappa shape index (κ3) is 3.89. The summed E-state index contributed by atoms with van der Waals surface area (Å²) in [5, 5.41) is 7.35. The first-order chi connectivity index (χ1) is 6.33. The number of nitrogens with one attached hydrogen (secondary N) is 1. The van der Waals surface area contributed by atoms with Crippen LogP contribution >= 0.6 is 0 Å². The Morgan fingerprint density at radius 1 is 1.23 bits per heavy atom. The molecule has 4 heteroatoms. The highest BCUT2D eigenvalue weighted by Gasteiger charge is 2.01. The van der Waals surface area contributed by atoms with E-state index in [0.717, 1.165) is 5.69 Å². The summed E-state index contributed by atoms with van der Waals surface area (Å²) >= 11 is 0. The minimum absolute atomic E-state index is 0.262. The standard InChI is InChI=1S/C9H13NO3/c1-8(12-13-11-2)10-9-6-4-3-5-7-9/h3-8,10H,1-2H3.